The van der Waals surface area contributed by atoms with Crippen LogP contribution in [-0.2, 0) is 11.6 Å². The third kappa shape index (κ3) is 8.63. The number of halogens is 3. The number of hydrogen-bond acceptors (Lipinski definition) is 3. The first-order chi connectivity index (χ1) is 25.5. The molecule has 0 fully saturated rings. The number of benzene rings is 4. The van der Waals surface area contributed by atoms with Gasteiger partial charge in [-0.25, -0.2) is 0 Å². The average Bonchev–Trinajstić information content (AvgIpc) is 3.73. The van der Waals surface area contributed by atoms with E-state index in [1.807, 2.05) is 0 Å². The maximum absolute atomic E-state index is 13.8. The third-order valence-electron chi connectivity index (χ3n) is 11.2. The van der Waals surface area contributed by atoms with E-state index in [9.17, 15) is 13.2 Å². The highest BCUT2D eigenvalue weighted by molar-refractivity contribution is 5.94. The Balaban J connectivity index is 1.52. The quantitative estimate of drug-likeness (QED) is 0.0898. The summed E-state index contributed by atoms with van der Waals surface area (Å²) in [4.78, 5) is 0. The lowest BCUT2D eigenvalue weighted by Crippen LogP contribution is -2.26. The Bertz CT molecular complexity index is 1970. The lowest BCUT2D eigenvalue weighted by atomic mass is 9.70. The van der Waals surface area contributed by atoms with Gasteiger partial charge in [-0.1, -0.05) is 144 Å². The topological polar surface area (TPSA) is 38.9 Å². The molecule has 0 radical (unpaired) electrons. The van der Waals surface area contributed by atoms with Crippen molar-refractivity contribution in [3.05, 3.63) is 106 Å². The summed E-state index contributed by atoms with van der Waals surface area (Å²) in [7, 11) is 0. The zero-order valence-electron chi connectivity index (χ0n) is 32.3. The predicted octanol–water partition coefficient (Wildman–Crippen LogP) is 14.8. The van der Waals surface area contributed by atoms with Gasteiger partial charge in [-0.05, 0) is 103 Å². The highest BCUT2D eigenvalue weighted by Crippen LogP contribution is 2.58. The van der Waals surface area contributed by atoms with E-state index in [0.717, 1.165) is 60.1 Å². The molecule has 6 heteroatoms. The van der Waals surface area contributed by atoms with E-state index in [-0.39, 0.29) is 16.9 Å². The molecule has 3 nitrogen and oxygen atoms in total. The molecule has 0 aliphatic heterocycles. The second-order valence-electron chi connectivity index (χ2n) is 15.5. The van der Waals surface area contributed by atoms with Gasteiger partial charge in [0.2, 0.25) is 11.8 Å². The molecule has 53 heavy (non-hydrogen) atoms. The first kappa shape index (κ1) is 38.5. The molecule has 0 saturated carbocycles. The van der Waals surface area contributed by atoms with Crippen LogP contribution < -0.4 is 0 Å². The Kier molecular flexibility index (Phi) is 12.3. The molecule has 4 aromatic carbocycles. The standard InChI is InChI=1S/C47H55F3N2O/c1-6-8-10-12-14-16-24-46(25-17-15-13-11-9-7-2)41-28-33(4)20-23-39(41)43-40(30-36(31-42(43)46)35-21-18-32(3)19-22-35)45-52-51-44(53-45)37-26-34(5)27-38(29-37)47(48,49)50/h18-23,26-31H,6-17,24-25H2,1-5H3. The fourth-order valence-corrected chi connectivity index (χ4v) is 8.40. The first-order valence-electron chi connectivity index (χ1n) is 19.9. The average molecular weight is 721 g/mol. The molecule has 0 N–H and O–H groups in total. The Morgan fingerprint density at radius 3 is 1.77 bits per heavy atom. The van der Waals surface area contributed by atoms with Crippen LogP contribution in [0, 0.1) is 20.8 Å². The summed E-state index contributed by atoms with van der Waals surface area (Å²) < 4.78 is 47.9. The van der Waals surface area contributed by atoms with Crippen LogP contribution in [0.3, 0.4) is 0 Å². The van der Waals surface area contributed by atoms with E-state index in [0.29, 0.717) is 11.5 Å². The van der Waals surface area contributed by atoms with E-state index in [1.54, 1.807) is 13.0 Å². The number of unbranched alkanes of at least 4 members (excludes halogenated alkanes) is 10. The van der Waals surface area contributed by atoms with Gasteiger partial charge in [-0.15, -0.1) is 10.2 Å². The Hall–Kier alpha value is -4.19. The minimum absolute atomic E-state index is 0.0798. The van der Waals surface area contributed by atoms with E-state index in [1.165, 1.54) is 92.0 Å². The molecule has 1 aliphatic rings. The molecule has 280 valence electrons. The maximum Gasteiger partial charge on any atom is 0.416 e. The number of aryl methyl sites for hydroxylation is 3. The minimum Gasteiger partial charge on any atom is -0.416 e. The summed E-state index contributed by atoms with van der Waals surface area (Å²) in [6.07, 6.45) is 12.5. The van der Waals surface area contributed by atoms with Crippen molar-refractivity contribution in [3.63, 3.8) is 0 Å². The van der Waals surface area contributed by atoms with Crippen LogP contribution in [0.1, 0.15) is 137 Å². The molecule has 0 saturated heterocycles. The highest BCUT2D eigenvalue weighted by Gasteiger charge is 2.44. The van der Waals surface area contributed by atoms with E-state index < -0.39 is 11.7 Å². The van der Waals surface area contributed by atoms with Crippen molar-refractivity contribution >= 4 is 0 Å². The van der Waals surface area contributed by atoms with Crippen LogP contribution in [0.5, 0.6) is 0 Å². The largest absolute Gasteiger partial charge is 0.416 e. The van der Waals surface area contributed by atoms with Crippen LogP contribution in [0.2, 0.25) is 0 Å². The SMILES string of the molecule is CCCCCCCCC1(CCCCCCCC)c2cc(C)ccc2-c2c(-c3nnc(-c4cc(C)cc(C(F)(F)F)c4)o3)cc(-c3ccc(C)cc3)cc21. The molecule has 1 aliphatic carbocycles. The highest BCUT2D eigenvalue weighted by atomic mass is 19.4. The maximum atomic E-state index is 13.8. The number of nitrogens with zero attached hydrogens (tertiary/aromatic N) is 2. The van der Waals surface area contributed by atoms with Crippen molar-refractivity contribution in [3.8, 4) is 45.2 Å². The Morgan fingerprint density at radius 2 is 1.13 bits per heavy atom. The van der Waals surface area contributed by atoms with Crippen molar-refractivity contribution in [1.82, 2.24) is 10.2 Å². The summed E-state index contributed by atoms with van der Waals surface area (Å²) >= 11 is 0. The van der Waals surface area contributed by atoms with Gasteiger partial charge in [-0.3, -0.25) is 0 Å². The second-order valence-corrected chi connectivity index (χ2v) is 15.5. The van der Waals surface area contributed by atoms with Gasteiger partial charge >= 0.3 is 6.18 Å². The van der Waals surface area contributed by atoms with Crippen molar-refractivity contribution in [1.29, 1.82) is 0 Å². The van der Waals surface area contributed by atoms with Crippen LogP contribution in [0.4, 0.5) is 13.2 Å². The summed E-state index contributed by atoms with van der Waals surface area (Å²) in [5.74, 6) is 0.401. The van der Waals surface area contributed by atoms with Crippen molar-refractivity contribution in [2.45, 2.75) is 136 Å². The van der Waals surface area contributed by atoms with Crippen molar-refractivity contribution < 1.29 is 17.6 Å². The van der Waals surface area contributed by atoms with E-state index in [2.05, 4.69) is 92.5 Å². The molecular weight excluding hydrogens is 666 g/mol. The lowest BCUT2D eigenvalue weighted by Gasteiger charge is -2.33. The van der Waals surface area contributed by atoms with Crippen LogP contribution in [0.15, 0.2) is 77.2 Å². The molecule has 0 unspecified atom stereocenters. The van der Waals surface area contributed by atoms with E-state index >= 15 is 0 Å². The molecule has 0 atom stereocenters. The van der Waals surface area contributed by atoms with Gasteiger partial charge in [0.05, 0.1) is 5.56 Å². The van der Waals surface area contributed by atoms with Gasteiger partial charge in [0.25, 0.3) is 0 Å². The molecule has 0 spiro atoms. The molecule has 1 heterocycles. The van der Waals surface area contributed by atoms with Gasteiger partial charge in [0.1, 0.15) is 0 Å². The first-order valence-corrected chi connectivity index (χ1v) is 19.9. The lowest BCUT2D eigenvalue weighted by molar-refractivity contribution is -0.137. The number of alkyl halides is 3. The smallest absolute Gasteiger partial charge is 0.416 e. The summed E-state index contributed by atoms with van der Waals surface area (Å²) in [5, 5.41) is 8.92. The monoisotopic (exact) mass is 720 g/mol. The Labute approximate surface area is 314 Å². The molecule has 0 amide bonds. The van der Waals surface area contributed by atoms with Crippen LogP contribution >= 0.6 is 0 Å². The minimum atomic E-state index is -4.48. The fourth-order valence-electron chi connectivity index (χ4n) is 8.40. The molecule has 5 aromatic rings. The normalized spacial score (nSPS) is 13.4. The van der Waals surface area contributed by atoms with Crippen LogP contribution in [0.25, 0.3) is 45.2 Å². The predicted molar refractivity (Wildman–Crippen MR) is 212 cm³/mol. The van der Waals surface area contributed by atoms with Gasteiger partial charge < -0.3 is 4.42 Å². The number of aromatic nitrogens is 2. The second kappa shape index (κ2) is 16.9. The molecule has 0 bridgehead atoms. The number of rotatable bonds is 17. The summed E-state index contributed by atoms with van der Waals surface area (Å²) in [5.41, 5.74) is 10.3. The number of fused-ring (bicyclic) bond motifs is 3. The molecule has 1 aromatic heterocycles. The van der Waals surface area contributed by atoms with Gasteiger partial charge in [0, 0.05) is 16.5 Å². The summed E-state index contributed by atoms with van der Waals surface area (Å²) in [6.45, 7) is 10.5. The van der Waals surface area contributed by atoms with Crippen LogP contribution in [-0.4, -0.2) is 10.2 Å². The zero-order valence-corrected chi connectivity index (χ0v) is 32.3. The number of hydrogen-bond donors (Lipinski definition) is 0. The summed E-state index contributed by atoms with van der Waals surface area (Å²) in [6, 6.07) is 23.9. The zero-order chi connectivity index (χ0) is 37.6. The third-order valence-corrected chi connectivity index (χ3v) is 11.2. The van der Waals surface area contributed by atoms with Crippen molar-refractivity contribution in [2.24, 2.45) is 0 Å². The fraction of sp³-hybridized carbons (Fsp3) is 0.447. The van der Waals surface area contributed by atoms with E-state index in [4.69, 9.17) is 4.42 Å². The van der Waals surface area contributed by atoms with Crippen molar-refractivity contribution in [2.75, 3.05) is 0 Å². The Morgan fingerprint density at radius 1 is 0.528 bits per heavy atom. The molecular formula is C47H55F3N2O. The van der Waals surface area contributed by atoms with Gasteiger partial charge in [-0.2, -0.15) is 13.2 Å². The molecule has 6 rings (SSSR count). The van der Waals surface area contributed by atoms with Gasteiger partial charge in [0.15, 0.2) is 0 Å².